The molecule has 1 heterocycles. The first-order valence-corrected chi connectivity index (χ1v) is 8.12. The minimum Gasteiger partial charge on any atom is -0.320 e. The van der Waals surface area contributed by atoms with E-state index in [1.165, 1.54) is 6.20 Å². The lowest BCUT2D eigenvalue weighted by Gasteiger charge is -2.09. The number of benzene rings is 2. The maximum atomic E-state index is 12.4. The molecule has 5 heteroatoms. The van der Waals surface area contributed by atoms with Crippen molar-refractivity contribution < 1.29 is 4.79 Å². The number of rotatable bonds is 5. The summed E-state index contributed by atoms with van der Waals surface area (Å²) < 4.78 is 0. The zero-order chi connectivity index (χ0) is 16.1. The number of nitrogens with one attached hydrogen (secondary N) is 1. The van der Waals surface area contributed by atoms with Crippen LogP contribution < -0.4 is 5.32 Å². The Labute approximate surface area is 138 Å². The Morgan fingerprint density at radius 2 is 1.87 bits per heavy atom. The van der Waals surface area contributed by atoms with E-state index in [4.69, 9.17) is 0 Å². The lowest BCUT2D eigenvalue weighted by atomic mass is 10.2. The predicted molar refractivity (Wildman–Crippen MR) is 94.9 cm³/mol. The SMILES string of the molecule is C=CCSc1ccccc1NC(=O)c1cnc2ccccc2n1. The first-order chi connectivity index (χ1) is 11.3. The third-order valence-electron chi connectivity index (χ3n) is 3.17. The molecule has 4 nitrogen and oxygen atoms in total. The lowest BCUT2D eigenvalue weighted by molar-refractivity contribution is 0.102. The summed E-state index contributed by atoms with van der Waals surface area (Å²) in [4.78, 5) is 22.1. The number of carbonyl (C=O) groups excluding carboxylic acids is 1. The molecule has 2 aromatic carbocycles. The van der Waals surface area contributed by atoms with Gasteiger partial charge in [-0.25, -0.2) is 4.98 Å². The van der Waals surface area contributed by atoms with E-state index in [-0.39, 0.29) is 5.91 Å². The van der Waals surface area contributed by atoms with Crippen LogP contribution in [-0.2, 0) is 0 Å². The number of aromatic nitrogens is 2. The van der Waals surface area contributed by atoms with Crippen molar-refractivity contribution in [2.45, 2.75) is 4.90 Å². The van der Waals surface area contributed by atoms with Gasteiger partial charge in [0, 0.05) is 10.6 Å². The van der Waals surface area contributed by atoms with Crippen molar-refractivity contribution in [3.8, 4) is 0 Å². The van der Waals surface area contributed by atoms with Crippen LogP contribution in [0.3, 0.4) is 0 Å². The summed E-state index contributed by atoms with van der Waals surface area (Å²) in [6.45, 7) is 3.72. The quantitative estimate of drug-likeness (QED) is 0.566. The van der Waals surface area contributed by atoms with E-state index in [0.29, 0.717) is 11.2 Å². The van der Waals surface area contributed by atoms with Gasteiger partial charge in [0.1, 0.15) is 5.69 Å². The van der Waals surface area contributed by atoms with Crippen molar-refractivity contribution >= 4 is 34.4 Å². The van der Waals surface area contributed by atoms with E-state index < -0.39 is 0 Å². The fraction of sp³-hybridized carbons (Fsp3) is 0.0556. The molecule has 0 aliphatic carbocycles. The number of fused-ring (bicyclic) bond motifs is 1. The molecule has 114 valence electrons. The van der Waals surface area contributed by atoms with Gasteiger partial charge in [0.15, 0.2) is 0 Å². The van der Waals surface area contributed by atoms with Crippen molar-refractivity contribution in [2.75, 3.05) is 11.1 Å². The molecule has 0 fully saturated rings. The number of hydrogen-bond acceptors (Lipinski definition) is 4. The van der Waals surface area contributed by atoms with E-state index in [2.05, 4.69) is 21.9 Å². The van der Waals surface area contributed by atoms with Crippen LogP contribution in [-0.4, -0.2) is 21.6 Å². The number of amides is 1. The van der Waals surface area contributed by atoms with E-state index in [9.17, 15) is 4.79 Å². The van der Waals surface area contributed by atoms with Gasteiger partial charge in [0.05, 0.1) is 22.9 Å². The van der Waals surface area contributed by atoms with Crippen molar-refractivity contribution in [3.05, 3.63) is 73.1 Å². The van der Waals surface area contributed by atoms with Crippen molar-refractivity contribution in [2.24, 2.45) is 0 Å². The lowest BCUT2D eigenvalue weighted by Crippen LogP contribution is -2.14. The molecule has 0 atom stereocenters. The molecule has 0 radical (unpaired) electrons. The summed E-state index contributed by atoms with van der Waals surface area (Å²) in [5, 5.41) is 2.90. The van der Waals surface area contributed by atoms with Crippen LogP contribution in [0.4, 0.5) is 5.69 Å². The van der Waals surface area contributed by atoms with E-state index in [0.717, 1.165) is 21.9 Å². The average molecular weight is 321 g/mol. The number of carbonyl (C=O) groups is 1. The van der Waals surface area contributed by atoms with Gasteiger partial charge < -0.3 is 5.32 Å². The Bertz CT molecular complexity index is 864. The largest absolute Gasteiger partial charge is 0.320 e. The van der Waals surface area contributed by atoms with Crippen LogP contribution in [0.25, 0.3) is 11.0 Å². The normalized spacial score (nSPS) is 10.4. The smallest absolute Gasteiger partial charge is 0.275 e. The predicted octanol–water partition coefficient (Wildman–Crippen LogP) is 4.16. The highest BCUT2D eigenvalue weighted by Crippen LogP contribution is 2.27. The molecule has 1 amide bonds. The van der Waals surface area contributed by atoms with Gasteiger partial charge in [-0.05, 0) is 24.3 Å². The van der Waals surface area contributed by atoms with Gasteiger partial charge in [-0.15, -0.1) is 18.3 Å². The summed E-state index contributed by atoms with van der Waals surface area (Å²) in [7, 11) is 0. The molecule has 1 N–H and O–H groups in total. The Balaban J connectivity index is 1.84. The number of para-hydroxylation sites is 3. The summed E-state index contributed by atoms with van der Waals surface area (Å²) in [5.41, 5.74) is 2.53. The van der Waals surface area contributed by atoms with Crippen LogP contribution in [0, 0.1) is 0 Å². The zero-order valence-corrected chi connectivity index (χ0v) is 13.2. The van der Waals surface area contributed by atoms with Gasteiger partial charge >= 0.3 is 0 Å². The first-order valence-electron chi connectivity index (χ1n) is 7.14. The van der Waals surface area contributed by atoms with Crippen LogP contribution in [0.2, 0.25) is 0 Å². The second-order valence-electron chi connectivity index (χ2n) is 4.79. The molecule has 3 aromatic rings. The monoisotopic (exact) mass is 321 g/mol. The molecule has 0 bridgehead atoms. The zero-order valence-electron chi connectivity index (χ0n) is 12.4. The third kappa shape index (κ3) is 3.57. The molecule has 23 heavy (non-hydrogen) atoms. The summed E-state index contributed by atoms with van der Waals surface area (Å²) >= 11 is 1.62. The summed E-state index contributed by atoms with van der Waals surface area (Å²) in [5.74, 6) is 0.512. The van der Waals surface area contributed by atoms with E-state index >= 15 is 0 Å². The van der Waals surface area contributed by atoms with E-state index in [1.54, 1.807) is 11.8 Å². The van der Waals surface area contributed by atoms with Crippen LogP contribution >= 0.6 is 11.8 Å². The molecule has 0 saturated heterocycles. The molecule has 0 unspecified atom stereocenters. The Morgan fingerprint density at radius 1 is 1.13 bits per heavy atom. The molecule has 3 rings (SSSR count). The number of anilines is 1. The highest BCUT2D eigenvalue weighted by Gasteiger charge is 2.11. The molecular formula is C18H15N3OS. The Kier molecular flexibility index (Phi) is 4.68. The summed E-state index contributed by atoms with van der Waals surface area (Å²) in [6, 6.07) is 15.1. The molecule has 0 spiro atoms. The maximum Gasteiger partial charge on any atom is 0.275 e. The number of thioether (sulfide) groups is 1. The molecule has 0 saturated carbocycles. The molecular weight excluding hydrogens is 306 g/mol. The van der Waals surface area contributed by atoms with Crippen LogP contribution in [0.5, 0.6) is 0 Å². The van der Waals surface area contributed by atoms with Gasteiger partial charge in [-0.1, -0.05) is 30.3 Å². The highest BCUT2D eigenvalue weighted by atomic mass is 32.2. The van der Waals surface area contributed by atoms with Gasteiger partial charge in [0.2, 0.25) is 0 Å². The van der Waals surface area contributed by atoms with Crippen molar-refractivity contribution in [1.29, 1.82) is 0 Å². The molecule has 0 aliphatic rings. The third-order valence-corrected chi connectivity index (χ3v) is 4.24. The first kappa shape index (κ1) is 15.2. The second-order valence-corrected chi connectivity index (χ2v) is 5.86. The Morgan fingerprint density at radius 3 is 2.70 bits per heavy atom. The van der Waals surface area contributed by atoms with Crippen LogP contribution in [0.1, 0.15) is 10.5 Å². The minimum absolute atomic E-state index is 0.269. The Hall–Kier alpha value is -2.66. The molecule has 0 aliphatic heterocycles. The topological polar surface area (TPSA) is 54.9 Å². The van der Waals surface area contributed by atoms with Gasteiger partial charge in [-0.3, -0.25) is 9.78 Å². The van der Waals surface area contributed by atoms with Crippen LogP contribution in [0.15, 0.2) is 72.3 Å². The maximum absolute atomic E-state index is 12.4. The highest BCUT2D eigenvalue weighted by molar-refractivity contribution is 7.99. The summed E-state index contributed by atoms with van der Waals surface area (Å²) in [6.07, 6.45) is 3.33. The van der Waals surface area contributed by atoms with Crippen molar-refractivity contribution in [3.63, 3.8) is 0 Å². The number of nitrogens with zero attached hydrogens (tertiary/aromatic N) is 2. The fourth-order valence-corrected chi connectivity index (χ4v) is 2.84. The fourth-order valence-electron chi connectivity index (χ4n) is 2.10. The second kappa shape index (κ2) is 7.07. The average Bonchev–Trinajstić information content (AvgIpc) is 2.60. The number of hydrogen-bond donors (Lipinski definition) is 1. The van der Waals surface area contributed by atoms with E-state index in [1.807, 2.05) is 54.6 Å². The molecule has 1 aromatic heterocycles. The van der Waals surface area contributed by atoms with Gasteiger partial charge in [0.25, 0.3) is 5.91 Å². The van der Waals surface area contributed by atoms with Crippen molar-refractivity contribution in [1.82, 2.24) is 9.97 Å². The van der Waals surface area contributed by atoms with Gasteiger partial charge in [-0.2, -0.15) is 0 Å². The minimum atomic E-state index is -0.269. The standard InChI is InChI=1S/C18H15N3OS/c1-2-11-23-17-10-6-5-9-15(17)21-18(22)16-12-19-13-7-3-4-8-14(13)20-16/h2-10,12H,1,11H2,(H,21,22).